The molecule has 1 aromatic carbocycles. The number of carbonyl (C=O) groups is 1. The van der Waals surface area contributed by atoms with Gasteiger partial charge in [-0.25, -0.2) is 9.97 Å². The summed E-state index contributed by atoms with van der Waals surface area (Å²) in [6.45, 7) is 10.8. The van der Waals surface area contributed by atoms with Gasteiger partial charge in [0, 0.05) is 12.2 Å². The third-order valence-electron chi connectivity index (χ3n) is 3.76. The molecule has 0 saturated carbocycles. The molecule has 1 heterocycles. The fourth-order valence-electron chi connectivity index (χ4n) is 2.49. The van der Waals surface area contributed by atoms with Crippen LogP contribution in [-0.4, -0.2) is 22.4 Å². The molecule has 0 spiro atoms. The van der Waals surface area contributed by atoms with Gasteiger partial charge in [0.25, 0.3) is 5.91 Å². The minimum atomic E-state index is -0.300. The van der Waals surface area contributed by atoms with Crippen LogP contribution in [0.1, 0.15) is 47.6 Å². The predicted octanol–water partition coefficient (Wildman–Crippen LogP) is 4.77. The van der Waals surface area contributed by atoms with Gasteiger partial charge < -0.3 is 10.6 Å². The van der Waals surface area contributed by atoms with Gasteiger partial charge in [-0.3, -0.25) is 4.79 Å². The first-order chi connectivity index (χ1) is 11.8. The van der Waals surface area contributed by atoms with Crippen molar-refractivity contribution in [2.75, 3.05) is 17.2 Å². The fourth-order valence-corrected chi connectivity index (χ4v) is 2.86. The number of amides is 1. The first-order valence-corrected chi connectivity index (χ1v) is 8.81. The Balaban J connectivity index is 2.18. The molecule has 0 atom stereocenters. The third-order valence-corrected chi connectivity index (χ3v) is 4.06. The topological polar surface area (TPSA) is 66.9 Å². The Kier molecular flexibility index (Phi) is 6.37. The van der Waals surface area contributed by atoms with E-state index in [2.05, 4.69) is 34.4 Å². The second-order valence-electron chi connectivity index (χ2n) is 6.72. The Hall–Kier alpha value is -2.14. The van der Waals surface area contributed by atoms with Gasteiger partial charge >= 0.3 is 0 Å². The number of aryl methyl sites for hydroxylation is 3. The summed E-state index contributed by atoms with van der Waals surface area (Å²) in [5.41, 5.74) is 3.63. The van der Waals surface area contributed by atoms with Crippen LogP contribution in [0.2, 0.25) is 5.02 Å². The molecule has 2 rings (SSSR count). The van der Waals surface area contributed by atoms with Crippen molar-refractivity contribution in [2.24, 2.45) is 5.92 Å². The molecule has 134 valence electrons. The number of halogens is 1. The lowest BCUT2D eigenvalue weighted by atomic mass is 10.1. The predicted molar refractivity (Wildman–Crippen MR) is 104 cm³/mol. The lowest BCUT2D eigenvalue weighted by molar-refractivity contribution is 0.102. The highest BCUT2D eigenvalue weighted by Gasteiger charge is 2.14. The Morgan fingerprint density at radius 3 is 2.52 bits per heavy atom. The van der Waals surface area contributed by atoms with Crippen LogP contribution >= 0.6 is 11.6 Å². The van der Waals surface area contributed by atoms with Crippen LogP contribution in [0.3, 0.4) is 0 Å². The standard InChI is InChI=1S/C19H25ClN4O/c1-11(2)6-7-21-19-22-14(5)10-16(23-19)18(25)24-17-13(4)8-12(3)9-15(17)20/h8-11H,6-7H2,1-5H3,(H,24,25)(H,21,22,23). The average molecular weight is 361 g/mol. The molecule has 0 unspecified atom stereocenters. The maximum atomic E-state index is 12.6. The van der Waals surface area contributed by atoms with Crippen molar-refractivity contribution in [3.05, 3.63) is 45.7 Å². The number of anilines is 2. The first kappa shape index (κ1) is 19.2. The molecule has 0 radical (unpaired) electrons. The zero-order valence-electron chi connectivity index (χ0n) is 15.4. The molecular formula is C19H25ClN4O. The van der Waals surface area contributed by atoms with E-state index in [1.54, 1.807) is 6.07 Å². The SMILES string of the molecule is Cc1cc(C)c(NC(=O)c2cc(C)nc(NCCC(C)C)n2)c(Cl)c1. The molecule has 0 bridgehead atoms. The highest BCUT2D eigenvalue weighted by molar-refractivity contribution is 6.34. The summed E-state index contributed by atoms with van der Waals surface area (Å²) in [6, 6.07) is 5.47. The van der Waals surface area contributed by atoms with Crippen molar-refractivity contribution in [2.45, 2.75) is 41.0 Å². The normalized spacial score (nSPS) is 10.8. The van der Waals surface area contributed by atoms with Crippen molar-refractivity contribution < 1.29 is 4.79 Å². The molecule has 2 N–H and O–H groups in total. The molecule has 25 heavy (non-hydrogen) atoms. The van der Waals surface area contributed by atoms with Crippen LogP contribution in [0.4, 0.5) is 11.6 Å². The van der Waals surface area contributed by atoms with Crippen molar-refractivity contribution in [1.29, 1.82) is 0 Å². The Morgan fingerprint density at radius 2 is 1.88 bits per heavy atom. The van der Waals surface area contributed by atoms with E-state index in [9.17, 15) is 4.79 Å². The van der Waals surface area contributed by atoms with E-state index in [0.717, 1.165) is 29.8 Å². The Bertz CT molecular complexity index is 751. The fraction of sp³-hybridized carbons (Fsp3) is 0.421. The number of nitrogens with one attached hydrogen (secondary N) is 2. The molecule has 1 aromatic heterocycles. The summed E-state index contributed by atoms with van der Waals surface area (Å²) in [7, 11) is 0. The van der Waals surface area contributed by atoms with E-state index in [-0.39, 0.29) is 5.91 Å². The molecule has 5 nitrogen and oxygen atoms in total. The van der Waals surface area contributed by atoms with Gasteiger partial charge in [-0.1, -0.05) is 31.5 Å². The van der Waals surface area contributed by atoms with Gasteiger partial charge in [0.1, 0.15) is 5.69 Å². The number of hydrogen-bond acceptors (Lipinski definition) is 4. The minimum absolute atomic E-state index is 0.300. The quantitative estimate of drug-likeness (QED) is 0.778. The smallest absolute Gasteiger partial charge is 0.274 e. The van der Waals surface area contributed by atoms with Crippen LogP contribution in [0.15, 0.2) is 18.2 Å². The van der Waals surface area contributed by atoms with E-state index in [4.69, 9.17) is 11.6 Å². The van der Waals surface area contributed by atoms with Crippen LogP contribution in [0.25, 0.3) is 0 Å². The molecule has 0 saturated heterocycles. The second kappa shape index (κ2) is 8.30. The van der Waals surface area contributed by atoms with Crippen LogP contribution in [-0.2, 0) is 0 Å². The molecule has 0 aliphatic heterocycles. The summed E-state index contributed by atoms with van der Waals surface area (Å²) in [4.78, 5) is 21.3. The van der Waals surface area contributed by atoms with Gasteiger partial charge in [-0.2, -0.15) is 0 Å². The Morgan fingerprint density at radius 1 is 1.16 bits per heavy atom. The molecule has 6 heteroatoms. The van der Waals surface area contributed by atoms with Gasteiger partial charge in [-0.15, -0.1) is 0 Å². The maximum absolute atomic E-state index is 12.6. The summed E-state index contributed by atoms with van der Waals surface area (Å²) in [5.74, 6) is 0.760. The van der Waals surface area contributed by atoms with Crippen LogP contribution in [0.5, 0.6) is 0 Å². The number of rotatable bonds is 6. The van der Waals surface area contributed by atoms with E-state index in [0.29, 0.717) is 28.3 Å². The van der Waals surface area contributed by atoms with Crippen molar-refractivity contribution in [3.63, 3.8) is 0 Å². The molecule has 1 amide bonds. The highest BCUT2D eigenvalue weighted by atomic mass is 35.5. The van der Waals surface area contributed by atoms with E-state index in [1.165, 1.54) is 0 Å². The summed E-state index contributed by atoms with van der Waals surface area (Å²) >= 11 is 6.27. The zero-order chi connectivity index (χ0) is 18.6. The van der Waals surface area contributed by atoms with E-state index in [1.807, 2.05) is 32.9 Å². The third kappa shape index (κ3) is 5.43. The first-order valence-electron chi connectivity index (χ1n) is 8.44. The van der Waals surface area contributed by atoms with Gasteiger partial charge in [-0.05, 0) is 56.4 Å². The zero-order valence-corrected chi connectivity index (χ0v) is 16.2. The van der Waals surface area contributed by atoms with E-state index < -0.39 is 0 Å². The highest BCUT2D eigenvalue weighted by Crippen LogP contribution is 2.27. The number of benzene rings is 1. The number of carbonyl (C=O) groups excluding carboxylic acids is 1. The minimum Gasteiger partial charge on any atom is -0.354 e. The average Bonchev–Trinajstić information content (AvgIpc) is 2.49. The monoisotopic (exact) mass is 360 g/mol. The van der Waals surface area contributed by atoms with Gasteiger partial charge in [0.2, 0.25) is 5.95 Å². The van der Waals surface area contributed by atoms with Crippen molar-refractivity contribution in [3.8, 4) is 0 Å². The van der Waals surface area contributed by atoms with Gasteiger partial charge in [0.05, 0.1) is 10.7 Å². The summed E-state index contributed by atoms with van der Waals surface area (Å²) in [6.07, 6.45) is 1.01. The number of hydrogen-bond donors (Lipinski definition) is 2. The summed E-state index contributed by atoms with van der Waals surface area (Å²) < 4.78 is 0. The second-order valence-corrected chi connectivity index (χ2v) is 7.13. The molecule has 0 aliphatic rings. The Labute approximate surface area is 154 Å². The van der Waals surface area contributed by atoms with E-state index >= 15 is 0 Å². The molecule has 0 fully saturated rings. The van der Waals surface area contributed by atoms with Crippen molar-refractivity contribution in [1.82, 2.24) is 9.97 Å². The number of aromatic nitrogens is 2. The summed E-state index contributed by atoms with van der Waals surface area (Å²) in [5, 5.41) is 6.56. The van der Waals surface area contributed by atoms with Crippen molar-refractivity contribution >= 4 is 29.1 Å². The van der Waals surface area contributed by atoms with Crippen LogP contribution < -0.4 is 10.6 Å². The molecular weight excluding hydrogens is 336 g/mol. The molecule has 0 aliphatic carbocycles. The number of nitrogens with zero attached hydrogens (tertiary/aromatic N) is 2. The van der Waals surface area contributed by atoms with Crippen LogP contribution in [0, 0.1) is 26.7 Å². The van der Waals surface area contributed by atoms with Gasteiger partial charge in [0.15, 0.2) is 0 Å². The maximum Gasteiger partial charge on any atom is 0.274 e. The lowest BCUT2D eigenvalue weighted by Gasteiger charge is -2.12. The molecule has 2 aromatic rings. The largest absolute Gasteiger partial charge is 0.354 e. The lowest BCUT2D eigenvalue weighted by Crippen LogP contribution is -2.17.